The van der Waals surface area contributed by atoms with E-state index in [1.54, 1.807) is 55.5 Å². The second-order valence-corrected chi connectivity index (χ2v) is 7.64. The maximum atomic E-state index is 12.8. The first-order valence-corrected chi connectivity index (χ1v) is 10.9. The first kappa shape index (κ1) is 23.6. The van der Waals surface area contributed by atoms with Crippen LogP contribution >= 0.6 is 0 Å². The van der Waals surface area contributed by atoms with Gasteiger partial charge in [0.25, 0.3) is 5.91 Å². The summed E-state index contributed by atoms with van der Waals surface area (Å²) in [6, 6.07) is 18.3. The highest BCUT2D eigenvalue weighted by molar-refractivity contribution is 5.93. The molecule has 0 radical (unpaired) electrons. The molecule has 1 amide bonds. The standard InChI is InChI=1S/C27H23NO7/c1-3-32-27(31)18-6-8-19(9-7-18)28-25(29)16-33-21-12-13-22-23(14-21)34-15-24(26(22)30)35-20-10-4-17(2)5-11-20/h4-15H,3,16H2,1-2H3,(H,28,29). The molecule has 178 valence electrons. The molecule has 35 heavy (non-hydrogen) atoms. The van der Waals surface area contributed by atoms with Crippen molar-refractivity contribution in [3.05, 3.63) is 94.3 Å². The molecule has 0 aliphatic carbocycles. The molecule has 0 saturated carbocycles. The largest absolute Gasteiger partial charge is 0.484 e. The zero-order valence-corrected chi connectivity index (χ0v) is 19.2. The van der Waals surface area contributed by atoms with Crippen LogP contribution in [0.3, 0.4) is 0 Å². The van der Waals surface area contributed by atoms with Gasteiger partial charge >= 0.3 is 5.97 Å². The molecule has 8 heteroatoms. The molecule has 0 saturated heterocycles. The maximum absolute atomic E-state index is 12.8. The molecule has 0 fully saturated rings. The number of carbonyl (C=O) groups is 2. The summed E-state index contributed by atoms with van der Waals surface area (Å²) < 4.78 is 21.7. The van der Waals surface area contributed by atoms with E-state index in [4.69, 9.17) is 18.6 Å². The summed E-state index contributed by atoms with van der Waals surface area (Å²) >= 11 is 0. The van der Waals surface area contributed by atoms with Crippen molar-refractivity contribution < 1.29 is 28.2 Å². The van der Waals surface area contributed by atoms with E-state index in [1.165, 1.54) is 12.3 Å². The Bertz CT molecular complexity index is 1410. The van der Waals surface area contributed by atoms with Crippen LogP contribution in [0.2, 0.25) is 0 Å². The fourth-order valence-electron chi connectivity index (χ4n) is 3.23. The highest BCUT2D eigenvalue weighted by atomic mass is 16.5. The van der Waals surface area contributed by atoms with Gasteiger partial charge in [0, 0.05) is 11.8 Å². The van der Waals surface area contributed by atoms with Crippen LogP contribution < -0.4 is 20.2 Å². The smallest absolute Gasteiger partial charge is 0.338 e. The first-order chi connectivity index (χ1) is 16.9. The minimum atomic E-state index is -0.425. The van der Waals surface area contributed by atoms with Gasteiger partial charge in [-0.1, -0.05) is 17.7 Å². The Morgan fingerprint density at radius 2 is 1.66 bits per heavy atom. The topological polar surface area (TPSA) is 104 Å². The summed E-state index contributed by atoms with van der Waals surface area (Å²) in [5.41, 5.74) is 1.97. The number of fused-ring (bicyclic) bond motifs is 1. The van der Waals surface area contributed by atoms with Crippen LogP contribution in [-0.2, 0) is 9.53 Å². The van der Waals surface area contributed by atoms with E-state index in [2.05, 4.69) is 5.32 Å². The van der Waals surface area contributed by atoms with E-state index in [0.29, 0.717) is 33.7 Å². The number of aryl methyl sites for hydroxylation is 1. The van der Waals surface area contributed by atoms with Crippen LogP contribution in [0.25, 0.3) is 11.0 Å². The number of hydrogen-bond donors (Lipinski definition) is 1. The highest BCUT2D eigenvalue weighted by Crippen LogP contribution is 2.24. The molecule has 4 aromatic rings. The van der Waals surface area contributed by atoms with Crippen LogP contribution in [0.15, 0.2) is 82.2 Å². The van der Waals surface area contributed by atoms with Crippen molar-refractivity contribution >= 4 is 28.5 Å². The van der Waals surface area contributed by atoms with E-state index in [-0.39, 0.29) is 24.4 Å². The molecular formula is C27H23NO7. The van der Waals surface area contributed by atoms with Crippen molar-refractivity contribution in [3.8, 4) is 17.2 Å². The molecule has 4 rings (SSSR count). The van der Waals surface area contributed by atoms with Gasteiger partial charge < -0.3 is 23.9 Å². The summed E-state index contributed by atoms with van der Waals surface area (Å²) in [6.07, 6.45) is 1.25. The second-order valence-electron chi connectivity index (χ2n) is 7.64. The molecule has 1 N–H and O–H groups in total. The van der Waals surface area contributed by atoms with E-state index in [1.807, 2.05) is 19.1 Å². The lowest BCUT2D eigenvalue weighted by molar-refractivity contribution is -0.118. The molecule has 0 bridgehead atoms. The Balaban J connectivity index is 1.38. The Morgan fingerprint density at radius 3 is 2.37 bits per heavy atom. The van der Waals surface area contributed by atoms with Crippen molar-refractivity contribution in [3.63, 3.8) is 0 Å². The molecule has 8 nitrogen and oxygen atoms in total. The van der Waals surface area contributed by atoms with E-state index in [0.717, 1.165) is 5.56 Å². The van der Waals surface area contributed by atoms with Crippen molar-refractivity contribution in [2.75, 3.05) is 18.5 Å². The fourth-order valence-corrected chi connectivity index (χ4v) is 3.23. The summed E-state index contributed by atoms with van der Waals surface area (Å²) in [5, 5.41) is 3.01. The molecule has 0 atom stereocenters. The lowest BCUT2D eigenvalue weighted by Gasteiger charge is -2.09. The molecule has 3 aromatic carbocycles. The van der Waals surface area contributed by atoms with Crippen LogP contribution in [0.4, 0.5) is 5.69 Å². The summed E-state index contributed by atoms with van der Waals surface area (Å²) in [6.45, 7) is 3.72. The molecule has 1 heterocycles. The average Bonchev–Trinajstić information content (AvgIpc) is 2.86. The monoisotopic (exact) mass is 473 g/mol. The number of amides is 1. The van der Waals surface area contributed by atoms with E-state index >= 15 is 0 Å². The van der Waals surface area contributed by atoms with Crippen molar-refractivity contribution in [1.82, 2.24) is 0 Å². The third-order valence-electron chi connectivity index (χ3n) is 5.01. The van der Waals surface area contributed by atoms with Gasteiger partial charge in [0.2, 0.25) is 11.2 Å². The number of ether oxygens (including phenoxy) is 3. The number of anilines is 1. The lowest BCUT2D eigenvalue weighted by Crippen LogP contribution is -2.20. The number of nitrogens with one attached hydrogen (secondary N) is 1. The van der Waals surface area contributed by atoms with Gasteiger partial charge in [-0.25, -0.2) is 4.79 Å². The third kappa shape index (κ3) is 5.86. The number of esters is 1. The van der Waals surface area contributed by atoms with Crippen molar-refractivity contribution in [2.24, 2.45) is 0 Å². The molecule has 1 aromatic heterocycles. The maximum Gasteiger partial charge on any atom is 0.338 e. The predicted molar refractivity (Wildman–Crippen MR) is 130 cm³/mol. The Labute approximate surface area is 201 Å². The van der Waals surface area contributed by atoms with Gasteiger partial charge in [-0.05, 0) is 62.4 Å². The zero-order valence-electron chi connectivity index (χ0n) is 19.2. The number of carbonyl (C=O) groups excluding carboxylic acids is 2. The van der Waals surface area contributed by atoms with E-state index < -0.39 is 11.9 Å². The normalized spacial score (nSPS) is 10.6. The Hall–Kier alpha value is -4.59. The number of rotatable bonds is 8. The van der Waals surface area contributed by atoms with Gasteiger partial charge in [0.1, 0.15) is 23.3 Å². The summed E-state index contributed by atoms with van der Waals surface area (Å²) in [4.78, 5) is 36.7. The predicted octanol–water partition coefficient (Wildman–Crippen LogP) is 5.09. The first-order valence-electron chi connectivity index (χ1n) is 10.9. The van der Waals surface area contributed by atoms with Gasteiger partial charge in [-0.3, -0.25) is 9.59 Å². The SMILES string of the molecule is CCOC(=O)c1ccc(NC(=O)COc2ccc3c(=O)c(Oc4ccc(C)cc4)coc3c2)cc1. The van der Waals surface area contributed by atoms with Gasteiger partial charge in [-0.15, -0.1) is 0 Å². The third-order valence-corrected chi connectivity index (χ3v) is 5.01. The average molecular weight is 473 g/mol. The molecule has 0 spiro atoms. The van der Waals surface area contributed by atoms with Crippen LogP contribution in [-0.4, -0.2) is 25.1 Å². The minimum absolute atomic E-state index is 0.0726. The Morgan fingerprint density at radius 1 is 0.943 bits per heavy atom. The molecule has 0 aliphatic rings. The second kappa shape index (κ2) is 10.6. The summed E-state index contributed by atoms with van der Waals surface area (Å²) in [5.74, 6) is 0.149. The molecular weight excluding hydrogens is 450 g/mol. The summed E-state index contributed by atoms with van der Waals surface area (Å²) in [7, 11) is 0. The minimum Gasteiger partial charge on any atom is -0.484 e. The molecule has 0 unspecified atom stereocenters. The van der Waals surface area contributed by atoms with Crippen molar-refractivity contribution in [2.45, 2.75) is 13.8 Å². The van der Waals surface area contributed by atoms with Crippen LogP contribution in [0.1, 0.15) is 22.8 Å². The lowest BCUT2D eigenvalue weighted by atomic mass is 10.2. The van der Waals surface area contributed by atoms with E-state index in [9.17, 15) is 14.4 Å². The zero-order chi connectivity index (χ0) is 24.8. The van der Waals surface area contributed by atoms with Crippen LogP contribution in [0.5, 0.6) is 17.2 Å². The van der Waals surface area contributed by atoms with Crippen molar-refractivity contribution in [1.29, 1.82) is 0 Å². The highest BCUT2D eigenvalue weighted by Gasteiger charge is 2.12. The fraction of sp³-hybridized carbons (Fsp3) is 0.148. The van der Waals surface area contributed by atoms with Crippen LogP contribution in [0, 0.1) is 6.92 Å². The molecule has 0 aliphatic heterocycles. The van der Waals surface area contributed by atoms with Gasteiger partial charge in [0.15, 0.2) is 6.61 Å². The van der Waals surface area contributed by atoms with Gasteiger partial charge in [0.05, 0.1) is 17.6 Å². The van der Waals surface area contributed by atoms with Gasteiger partial charge in [-0.2, -0.15) is 0 Å². The quantitative estimate of drug-likeness (QED) is 0.356. The number of hydrogen-bond acceptors (Lipinski definition) is 7. The Kier molecular flexibility index (Phi) is 7.11. The number of benzene rings is 3.